The van der Waals surface area contributed by atoms with Gasteiger partial charge in [-0.2, -0.15) is 13.2 Å². The van der Waals surface area contributed by atoms with Crippen LogP contribution in [0.5, 0.6) is 5.75 Å². The number of nitrogens with zero attached hydrogens (tertiary/aromatic N) is 1. The Bertz CT molecular complexity index is 1400. The summed E-state index contributed by atoms with van der Waals surface area (Å²) in [5.41, 5.74) is 4.85. The van der Waals surface area contributed by atoms with Crippen LogP contribution in [0.15, 0.2) is 66.7 Å². The Morgan fingerprint density at radius 3 is 2.00 bits per heavy atom. The van der Waals surface area contributed by atoms with Crippen LogP contribution >= 0.6 is 11.6 Å². The van der Waals surface area contributed by atoms with Gasteiger partial charge in [-0.15, -0.1) is 0 Å². The molecular weight excluding hydrogens is 619 g/mol. The number of ether oxygens (including phenoxy) is 2. The number of carbonyl (C=O) groups is 1. The van der Waals surface area contributed by atoms with Gasteiger partial charge in [-0.3, -0.25) is 0 Å². The average molecular weight is 656 g/mol. The molecule has 45 heavy (non-hydrogen) atoms. The van der Waals surface area contributed by atoms with Gasteiger partial charge in [0.25, 0.3) is 0 Å². The number of alkyl halides is 3. The molecule has 1 fully saturated rings. The molecule has 13 heteroatoms. The number of halogens is 4. The maximum absolute atomic E-state index is 10.5. The number of quaternary nitrogens is 1. The molecular formula is C32H37ClF3NO8. The van der Waals surface area contributed by atoms with Crippen LogP contribution in [0.25, 0.3) is 0 Å². The van der Waals surface area contributed by atoms with E-state index < -0.39 is 49.3 Å². The van der Waals surface area contributed by atoms with Gasteiger partial charge >= 0.3 is 6.18 Å². The molecule has 9 nitrogen and oxygen atoms in total. The van der Waals surface area contributed by atoms with E-state index >= 15 is 0 Å². The summed E-state index contributed by atoms with van der Waals surface area (Å²) in [6.07, 6.45) is -10.7. The second-order valence-corrected chi connectivity index (χ2v) is 12.2. The van der Waals surface area contributed by atoms with Crippen LogP contribution in [0, 0.1) is 0 Å². The maximum atomic E-state index is 10.5. The van der Waals surface area contributed by atoms with E-state index in [0.717, 1.165) is 33.5 Å². The Balaban J connectivity index is 0.000000707. The van der Waals surface area contributed by atoms with Crippen molar-refractivity contribution in [1.29, 1.82) is 0 Å². The quantitative estimate of drug-likeness (QED) is 0.258. The summed E-state index contributed by atoms with van der Waals surface area (Å²) in [5, 5.41) is 49.5. The van der Waals surface area contributed by atoms with Gasteiger partial charge in [0, 0.05) is 10.6 Å². The van der Waals surface area contributed by atoms with Gasteiger partial charge in [0.15, 0.2) is 0 Å². The highest BCUT2D eigenvalue weighted by Gasteiger charge is 2.44. The summed E-state index contributed by atoms with van der Waals surface area (Å²) in [7, 11) is 6.52. The van der Waals surface area contributed by atoms with E-state index in [1.165, 1.54) is 5.56 Å². The molecule has 0 unspecified atom stereocenters. The zero-order valence-corrected chi connectivity index (χ0v) is 25.7. The smallest absolute Gasteiger partial charge is 0.430 e. The number of hydrogen-bond acceptors (Lipinski definition) is 8. The molecule has 0 spiro atoms. The summed E-state index contributed by atoms with van der Waals surface area (Å²) < 4.78 is 44.1. The van der Waals surface area contributed by atoms with Gasteiger partial charge in [0.1, 0.15) is 55.4 Å². The Morgan fingerprint density at radius 1 is 0.911 bits per heavy atom. The third kappa shape index (κ3) is 10.7. The molecule has 1 aliphatic heterocycles. The normalized spacial score (nSPS) is 21.9. The standard InChI is InChI=1S/C30H37ClNO6.C2HF3O2/c1-32(2,3)16-20-4-6-21(7-5-20)18-37-24-11-8-19(9-12-24)14-23-15-22(10-13-25(23)31)30-29(36)28(35)27(34)26(17-33)38-30;3-2(4,5)1(6)7/h4-13,15,26-30,33-36H,14,16-18H2,1-3H3;(H,6,7)/q+1;/p-1/t26-,27-,28+,29-,30+;/m1./s1. The first-order valence-corrected chi connectivity index (χ1v) is 14.3. The Hall–Kier alpha value is -3.23. The molecule has 0 aromatic heterocycles. The maximum Gasteiger partial charge on any atom is 0.430 e. The van der Waals surface area contributed by atoms with Crippen LogP contribution in [0.1, 0.15) is 33.9 Å². The van der Waals surface area contributed by atoms with E-state index in [1.807, 2.05) is 30.3 Å². The van der Waals surface area contributed by atoms with Crippen molar-refractivity contribution in [2.24, 2.45) is 0 Å². The lowest BCUT2D eigenvalue weighted by atomic mass is 9.90. The minimum atomic E-state index is -5.19. The largest absolute Gasteiger partial charge is 0.542 e. The van der Waals surface area contributed by atoms with Gasteiger partial charge in [0.2, 0.25) is 0 Å². The van der Waals surface area contributed by atoms with E-state index in [-0.39, 0.29) is 0 Å². The fraction of sp³-hybridized carbons (Fsp3) is 0.406. The first kappa shape index (κ1) is 36.2. The number of aliphatic hydroxyl groups excluding tert-OH is 4. The van der Waals surface area contributed by atoms with E-state index in [2.05, 4.69) is 45.4 Å². The molecule has 0 radical (unpaired) electrons. The number of aliphatic hydroxyl groups is 4. The number of hydrogen-bond donors (Lipinski definition) is 4. The van der Waals surface area contributed by atoms with Crippen molar-refractivity contribution in [1.82, 2.24) is 0 Å². The van der Waals surface area contributed by atoms with Crippen molar-refractivity contribution in [2.45, 2.75) is 56.3 Å². The fourth-order valence-electron chi connectivity index (χ4n) is 4.66. The zero-order chi connectivity index (χ0) is 33.5. The monoisotopic (exact) mass is 655 g/mol. The van der Waals surface area contributed by atoms with Gasteiger partial charge < -0.3 is 44.3 Å². The Kier molecular flexibility index (Phi) is 12.4. The molecule has 4 rings (SSSR count). The lowest BCUT2D eigenvalue weighted by Gasteiger charge is -2.40. The third-order valence-corrected chi connectivity index (χ3v) is 7.29. The van der Waals surface area contributed by atoms with Crippen LogP contribution in [0.3, 0.4) is 0 Å². The Labute approximate surface area is 264 Å². The number of benzene rings is 3. The Morgan fingerprint density at radius 2 is 1.47 bits per heavy atom. The van der Waals surface area contributed by atoms with Crippen molar-refractivity contribution >= 4 is 17.6 Å². The predicted molar refractivity (Wildman–Crippen MR) is 157 cm³/mol. The molecule has 0 aliphatic carbocycles. The van der Waals surface area contributed by atoms with E-state index in [9.17, 15) is 33.6 Å². The summed E-state index contributed by atoms with van der Waals surface area (Å²) >= 11 is 6.47. The minimum Gasteiger partial charge on any atom is -0.542 e. The summed E-state index contributed by atoms with van der Waals surface area (Å²) in [6.45, 7) is 0.979. The second-order valence-electron chi connectivity index (χ2n) is 11.8. The summed E-state index contributed by atoms with van der Waals surface area (Å²) in [5.74, 6) is -2.24. The van der Waals surface area contributed by atoms with Gasteiger partial charge in [-0.05, 0) is 46.9 Å². The number of aliphatic carboxylic acids is 1. The van der Waals surface area contributed by atoms with Crippen LogP contribution in [-0.2, 0) is 29.1 Å². The van der Waals surface area contributed by atoms with Gasteiger partial charge in [-0.25, -0.2) is 0 Å². The van der Waals surface area contributed by atoms with Gasteiger partial charge in [0.05, 0.1) is 27.7 Å². The van der Waals surface area contributed by atoms with Crippen molar-refractivity contribution in [3.8, 4) is 5.75 Å². The van der Waals surface area contributed by atoms with E-state index in [0.29, 0.717) is 23.6 Å². The molecule has 1 aliphatic rings. The lowest BCUT2D eigenvalue weighted by molar-refractivity contribution is -0.884. The first-order valence-electron chi connectivity index (χ1n) is 14.0. The fourth-order valence-corrected chi connectivity index (χ4v) is 4.85. The topological polar surface area (TPSA) is 140 Å². The molecule has 1 saturated heterocycles. The number of rotatable bonds is 9. The highest BCUT2D eigenvalue weighted by atomic mass is 35.5. The summed E-state index contributed by atoms with van der Waals surface area (Å²) in [6, 6.07) is 21.6. The van der Waals surface area contributed by atoms with Crippen LogP contribution in [0.4, 0.5) is 13.2 Å². The SMILES string of the molecule is C[N+](C)(C)Cc1ccc(COc2ccc(Cc3cc([C@@H]4O[C@H](CO)[C@@H](O)[C@H](O)[C@H]4O)ccc3Cl)cc2)cc1.O=C([O-])C(F)(F)F. The highest BCUT2D eigenvalue weighted by molar-refractivity contribution is 6.31. The van der Waals surface area contributed by atoms with E-state index in [1.54, 1.807) is 12.1 Å². The molecule has 0 amide bonds. The van der Waals surface area contributed by atoms with Crippen LogP contribution < -0.4 is 9.84 Å². The number of carbonyl (C=O) groups excluding carboxylic acids is 1. The molecule has 246 valence electrons. The second kappa shape index (κ2) is 15.4. The molecule has 3 aromatic carbocycles. The molecule has 3 aromatic rings. The van der Waals surface area contributed by atoms with Crippen molar-refractivity contribution in [3.63, 3.8) is 0 Å². The predicted octanol–water partition coefficient (Wildman–Crippen LogP) is 2.53. The number of carboxylic acid groups (broad SMARTS) is 1. The van der Waals surface area contributed by atoms with Crippen molar-refractivity contribution in [3.05, 3.63) is 99.6 Å². The van der Waals surface area contributed by atoms with Crippen molar-refractivity contribution in [2.75, 3.05) is 27.7 Å². The lowest BCUT2D eigenvalue weighted by Crippen LogP contribution is -2.55. The van der Waals surface area contributed by atoms with Crippen LogP contribution in [0.2, 0.25) is 5.02 Å². The van der Waals surface area contributed by atoms with Crippen LogP contribution in [-0.4, -0.2) is 89.2 Å². The highest BCUT2D eigenvalue weighted by Crippen LogP contribution is 2.34. The zero-order valence-electron chi connectivity index (χ0n) is 24.9. The average Bonchev–Trinajstić information content (AvgIpc) is 2.97. The molecule has 0 saturated carbocycles. The molecule has 0 bridgehead atoms. The minimum absolute atomic E-state index is 0.474. The summed E-state index contributed by atoms with van der Waals surface area (Å²) in [4.78, 5) is 8.78. The van der Waals surface area contributed by atoms with Gasteiger partial charge in [-0.1, -0.05) is 60.1 Å². The number of carboxylic acids is 1. The van der Waals surface area contributed by atoms with Crippen molar-refractivity contribution < 1.29 is 57.5 Å². The molecule has 1 heterocycles. The third-order valence-electron chi connectivity index (χ3n) is 6.93. The molecule has 4 N–H and O–H groups in total. The molecule has 5 atom stereocenters. The van der Waals surface area contributed by atoms with E-state index in [4.69, 9.17) is 31.0 Å². The first-order chi connectivity index (χ1) is 21.0.